The van der Waals surface area contributed by atoms with Crippen molar-refractivity contribution in [2.24, 2.45) is 0 Å². The van der Waals surface area contributed by atoms with Gasteiger partial charge >= 0.3 is 12.1 Å². The van der Waals surface area contributed by atoms with Crippen molar-refractivity contribution in [3.8, 4) is 0 Å². The van der Waals surface area contributed by atoms with Gasteiger partial charge < -0.3 is 15.2 Å². The lowest BCUT2D eigenvalue weighted by atomic mass is 9.96. The molecule has 0 aliphatic heterocycles. The van der Waals surface area contributed by atoms with Crippen LogP contribution in [0.1, 0.15) is 47.9 Å². The van der Waals surface area contributed by atoms with Crippen molar-refractivity contribution in [3.05, 3.63) is 28.8 Å². The highest BCUT2D eigenvalue weighted by Gasteiger charge is 2.36. The Bertz CT molecular complexity index is 515. The average Bonchev–Trinajstić information content (AvgIpc) is 2.44. The number of aliphatic hydroxyl groups is 1. The summed E-state index contributed by atoms with van der Waals surface area (Å²) in [5.41, 5.74) is -1.29. The Morgan fingerprint density at radius 3 is 2.43 bits per heavy atom. The molecule has 118 valence electrons. The van der Waals surface area contributed by atoms with Crippen LogP contribution in [0.3, 0.4) is 0 Å². The van der Waals surface area contributed by atoms with Gasteiger partial charge in [0.2, 0.25) is 0 Å². The summed E-state index contributed by atoms with van der Waals surface area (Å²) in [5.74, 6) is -0.760. The van der Waals surface area contributed by atoms with Crippen molar-refractivity contribution >= 4 is 11.7 Å². The van der Waals surface area contributed by atoms with E-state index in [1.54, 1.807) is 13.8 Å². The van der Waals surface area contributed by atoms with Gasteiger partial charge in [-0.15, -0.1) is 0 Å². The lowest BCUT2D eigenvalue weighted by Crippen LogP contribution is -2.16. The number of carbonyl (C=O) groups is 1. The molecule has 0 heterocycles. The van der Waals surface area contributed by atoms with Crippen LogP contribution in [0.25, 0.3) is 0 Å². The highest BCUT2D eigenvalue weighted by atomic mass is 19.4. The fourth-order valence-corrected chi connectivity index (χ4v) is 1.97. The first-order valence-corrected chi connectivity index (χ1v) is 6.51. The molecule has 0 radical (unpaired) electrons. The van der Waals surface area contributed by atoms with Crippen LogP contribution >= 0.6 is 0 Å². The molecule has 1 aromatic rings. The average molecular weight is 305 g/mol. The Hall–Kier alpha value is -1.76. The number of alkyl halides is 3. The number of anilines is 1. The Morgan fingerprint density at radius 1 is 1.38 bits per heavy atom. The van der Waals surface area contributed by atoms with Gasteiger partial charge in [0.25, 0.3) is 0 Å². The fraction of sp³-hybridized carbons (Fsp3) is 0.500. The topological polar surface area (TPSA) is 58.6 Å². The number of aliphatic hydroxyl groups excluding tert-OH is 1. The molecule has 0 aromatic heterocycles. The van der Waals surface area contributed by atoms with E-state index in [0.29, 0.717) is 6.54 Å². The first-order valence-electron chi connectivity index (χ1n) is 6.51. The second-order valence-electron chi connectivity index (χ2n) is 4.43. The van der Waals surface area contributed by atoms with Gasteiger partial charge in [0.05, 0.1) is 24.3 Å². The van der Waals surface area contributed by atoms with Gasteiger partial charge in [0, 0.05) is 12.2 Å². The number of hydrogen-bond acceptors (Lipinski definition) is 4. The number of carbonyl (C=O) groups excluding carboxylic acids is 1. The summed E-state index contributed by atoms with van der Waals surface area (Å²) in [6, 6.07) is 1.88. The molecule has 1 atom stereocenters. The van der Waals surface area contributed by atoms with Crippen LogP contribution in [-0.4, -0.2) is 24.7 Å². The Kier molecular flexibility index (Phi) is 5.60. The molecule has 1 unspecified atom stereocenters. The molecule has 1 aromatic carbocycles. The SMILES string of the molecule is CCNc1cc(C(F)(F)F)c(C(O)CC)cc1C(=O)OC. The van der Waals surface area contributed by atoms with E-state index < -0.39 is 23.8 Å². The Morgan fingerprint density at radius 2 is 2.00 bits per heavy atom. The maximum Gasteiger partial charge on any atom is 0.416 e. The molecular formula is C14H18F3NO3. The minimum atomic E-state index is -4.62. The van der Waals surface area contributed by atoms with Crippen LogP contribution < -0.4 is 5.32 Å². The zero-order valence-electron chi connectivity index (χ0n) is 12.0. The molecule has 0 fully saturated rings. The van der Waals surface area contributed by atoms with E-state index in [-0.39, 0.29) is 23.2 Å². The first-order chi connectivity index (χ1) is 9.76. The number of methoxy groups -OCH3 is 1. The van der Waals surface area contributed by atoms with E-state index in [4.69, 9.17) is 0 Å². The Balaban J connectivity index is 3.57. The van der Waals surface area contributed by atoms with E-state index >= 15 is 0 Å². The van der Waals surface area contributed by atoms with Gasteiger partial charge in [-0.05, 0) is 31.0 Å². The van der Waals surface area contributed by atoms with Crippen molar-refractivity contribution in [2.75, 3.05) is 19.0 Å². The van der Waals surface area contributed by atoms with E-state index in [0.717, 1.165) is 19.2 Å². The van der Waals surface area contributed by atoms with Crippen LogP contribution in [0.15, 0.2) is 12.1 Å². The number of rotatable bonds is 5. The molecule has 0 aliphatic rings. The maximum atomic E-state index is 13.1. The lowest BCUT2D eigenvalue weighted by Gasteiger charge is -2.20. The molecule has 0 aliphatic carbocycles. The van der Waals surface area contributed by atoms with Gasteiger partial charge in [-0.2, -0.15) is 13.2 Å². The summed E-state index contributed by atoms with van der Waals surface area (Å²) in [7, 11) is 1.14. The molecule has 1 rings (SSSR count). The predicted molar refractivity (Wildman–Crippen MR) is 72.2 cm³/mol. The van der Waals surface area contributed by atoms with Gasteiger partial charge in [-0.1, -0.05) is 6.92 Å². The summed E-state index contributed by atoms with van der Waals surface area (Å²) in [4.78, 5) is 11.7. The van der Waals surface area contributed by atoms with E-state index in [1.165, 1.54) is 0 Å². The van der Waals surface area contributed by atoms with Crippen LogP contribution in [0.2, 0.25) is 0 Å². The molecule has 7 heteroatoms. The van der Waals surface area contributed by atoms with Gasteiger partial charge in [0.1, 0.15) is 0 Å². The number of hydrogen-bond donors (Lipinski definition) is 2. The largest absolute Gasteiger partial charge is 0.465 e. The monoisotopic (exact) mass is 305 g/mol. The third-order valence-electron chi connectivity index (χ3n) is 3.01. The molecule has 0 amide bonds. The summed E-state index contributed by atoms with van der Waals surface area (Å²) < 4.78 is 44.0. The molecule has 4 nitrogen and oxygen atoms in total. The highest BCUT2D eigenvalue weighted by molar-refractivity contribution is 5.96. The second-order valence-corrected chi connectivity index (χ2v) is 4.43. The third-order valence-corrected chi connectivity index (χ3v) is 3.01. The molecule has 0 spiro atoms. The van der Waals surface area contributed by atoms with Crippen LogP contribution in [0.5, 0.6) is 0 Å². The maximum absolute atomic E-state index is 13.1. The number of halogens is 3. The van der Waals surface area contributed by atoms with E-state index in [2.05, 4.69) is 10.1 Å². The van der Waals surface area contributed by atoms with Crippen molar-refractivity contribution in [3.63, 3.8) is 0 Å². The molecule has 0 bridgehead atoms. The van der Waals surface area contributed by atoms with E-state index in [1.807, 2.05) is 0 Å². The van der Waals surface area contributed by atoms with Crippen molar-refractivity contribution in [1.29, 1.82) is 0 Å². The second kappa shape index (κ2) is 6.80. The third kappa shape index (κ3) is 3.87. The molecule has 2 N–H and O–H groups in total. The standard InChI is InChI=1S/C14H18F3NO3/c1-4-12(19)8-6-9(13(20)21-3)11(18-5-2)7-10(8)14(15,16)17/h6-7,12,18-19H,4-5H2,1-3H3. The van der Waals surface area contributed by atoms with Crippen LogP contribution in [0.4, 0.5) is 18.9 Å². The smallest absolute Gasteiger partial charge is 0.416 e. The molecule has 21 heavy (non-hydrogen) atoms. The van der Waals surface area contributed by atoms with Crippen molar-refractivity contribution in [2.45, 2.75) is 32.5 Å². The van der Waals surface area contributed by atoms with Crippen molar-refractivity contribution in [1.82, 2.24) is 0 Å². The highest BCUT2D eigenvalue weighted by Crippen LogP contribution is 2.38. The van der Waals surface area contributed by atoms with Gasteiger partial charge in [-0.25, -0.2) is 4.79 Å². The van der Waals surface area contributed by atoms with E-state index in [9.17, 15) is 23.1 Å². The molecular weight excluding hydrogens is 287 g/mol. The fourth-order valence-electron chi connectivity index (χ4n) is 1.97. The van der Waals surface area contributed by atoms with Gasteiger partial charge in [-0.3, -0.25) is 0 Å². The Labute approximate surface area is 120 Å². The molecule has 0 saturated heterocycles. The molecule has 0 saturated carbocycles. The number of esters is 1. The number of nitrogens with one attached hydrogen (secondary N) is 1. The summed E-state index contributed by atoms with van der Waals surface area (Å²) in [5, 5.41) is 12.5. The zero-order valence-corrected chi connectivity index (χ0v) is 12.0. The summed E-state index contributed by atoms with van der Waals surface area (Å²) >= 11 is 0. The van der Waals surface area contributed by atoms with Crippen LogP contribution in [-0.2, 0) is 10.9 Å². The number of benzene rings is 1. The zero-order chi connectivity index (χ0) is 16.2. The first kappa shape index (κ1) is 17.3. The lowest BCUT2D eigenvalue weighted by molar-refractivity contribution is -0.139. The van der Waals surface area contributed by atoms with Crippen LogP contribution in [0, 0.1) is 0 Å². The minimum absolute atomic E-state index is 0.0312. The predicted octanol–water partition coefficient (Wildman–Crippen LogP) is 3.37. The van der Waals surface area contributed by atoms with Crippen molar-refractivity contribution < 1.29 is 27.8 Å². The summed E-state index contributed by atoms with van der Waals surface area (Å²) in [6.45, 7) is 3.60. The van der Waals surface area contributed by atoms with Gasteiger partial charge in [0.15, 0.2) is 0 Å². The summed E-state index contributed by atoms with van der Waals surface area (Å²) in [6.07, 6.45) is -5.82. The normalized spacial score (nSPS) is 12.9. The minimum Gasteiger partial charge on any atom is -0.465 e. The quantitative estimate of drug-likeness (QED) is 0.819. The number of ether oxygens (including phenoxy) is 1.